The highest BCUT2D eigenvalue weighted by Crippen LogP contribution is 2.40. The van der Waals surface area contributed by atoms with Gasteiger partial charge in [0, 0.05) is 35.1 Å². The number of benzene rings is 1. The van der Waals surface area contributed by atoms with Gasteiger partial charge >= 0.3 is 0 Å². The van der Waals surface area contributed by atoms with Crippen molar-refractivity contribution in [3.05, 3.63) is 30.1 Å². The van der Waals surface area contributed by atoms with Crippen LogP contribution in [0, 0.1) is 0 Å². The Morgan fingerprint density at radius 3 is 1.75 bits per heavy atom. The average molecular weight is 648 g/mol. The van der Waals surface area contributed by atoms with Gasteiger partial charge in [-0.3, -0.25) is 9.14 Å². The standard InChI is InChI=1S/C20H27Br4NO3/c1-2-3-4-5-6-7-8-9-10-11-12-13-14(19(26)25-24)15(20(27)28)17(22)18(23)16(13)21/h2-12H2,1H3,(H,25,26)(H,27,28)/p-1. The Morgan fingerprint density at radius 1 is 0.786 bits per heavy atom. The van der Waals surface area contributed by atoms with Crippen molar-refractivity contribution in [3.63, 3.8) is 0 Å². The van der Waals surface area contributed by atoms with Gasteiger partial charge in [-0.1, -0.05) is 64.7 Å². The summed E-state index contributed by atoms with van der Waals surface area (Å²) in [6, 6.07) is 0. The Balaban J connectivity index is 2.72. The lowest BCUT2D eigenvalue weighted by molar-refractivity contribution is -0.255. The van der Waals surface area contributed by atoms with Gasteiger partial charge in [0.25, 0.3) is 5.91 Å². The molecule has 0 aliphatic carbocycles. The molecule has 158 valence electrons. The van der Waals surface area contributed by atoms with Gasteiger partial charge in [0.2, 0.25) is 0 Å². The maximum absolute atomic E-state index is 12.4. The van der Waals surface area contributed by atoms with E-state index in [1.165, 1.54) is 44.9 Å². The maximum atomic E-state index is 12.4. The van der Waals surface area contributed by atoms with E-state index in [1.807, 2.05) is 0 Å². The fourth-order valence-electron chi connectivity index (χ4n) is 3.22. The maximum Gasteiger partial charge on any atom is 0.262 e. The summed E-state index contributed by atoms with van der Waals surface area (Å²) in [6.45, 7) is 2.23. The summed E-state index contributed by atoms with van der Waals surface area (Å²) in [5, 5.41) is 11.6. The largest absolute Gasteiger partial charge is 0.545 e. The monoisotopic (exact) mass is 644 g/mol. The summed E-state index contributed by atoms with van der Waals surface area (Å²) in [5.74, 6) is -1.90. The van der Waals surface area contributed by atoms with Crippen molar-refractivity contribution in [1.82, 2.24) is 4.34 Å². The van der Waals surface area contributed by atoms with E-state index in [9.17, 15) is 14.7 Å². The third-order valence-electron chi connectivity index (χ3n) is 4.72. The number of hydrogen-bond donors (Lipinski definition) is 1. The molecule has 0 spiro atoms. The van der Waals surface area contributed by atoms with E-state index in [4.69, 9.17) is 0 Å². The van der Waals surface area contributed by atoms with E-state index in [0.29, 0.717) is 20.9 Å². The fourth-order valence-corrected chi connectivity index (χ4v) is 5.28. The third-order valence-corrected chi connectivity index (χ3v) is 8.60. The number of carbonyl (C=O) groups is 2. The second-order valence-corrected chi connectivity index (χ2v) is 9.59. The highest BCUT2D eigenvalue weighted by Gasteiger charge is 2.25. The number of halogens is 4. The second-order valence-electron chi connectivity index (χ2n) is 6.81. The van der Waals surface area contributed by atoms with Gasteiger partial charge in [0.1, 0.15) is 0 Å². The molecule has 0 atom stereocenters. The molecule has 0 radical (unpaired) electrons. The summed E-state index contributed by atoms with van der Waals surface area (Å²) < 4.78 is 3.90. The first-order chi connectivity index (χ1) is 13.4. The Morgan fingerprint density at radius 2 is 1.29 bits per heavy atom. The lowest BCUT2D eigenvalue weighted by atomic mass is 9.95. The molecule has 4 nitrogen and oxygen atoms in total. The summed E-state index contributed by atoms with van der Waals surface area (Å²) in [4.78, 5) is 24.0. The molecule has 0 aromatic heterocycles. The smallest absolute Gasteiger partial charge is 0.262 e. The zero-order valence-electron chi connectivity index (χ0n) is 16.0. The topological polar surface area (TPSA) is 69.2 Å². The van der Waals surface area contributed by atoms with Crippen LogP contribution in [0.25, 0.3) is 0 Å². The van der Waals surface area contributed by atoms with Crippen LogP contribution in [0.2, 0.25) is 0 Å². The van der Waals surface area contributed by atoms with Crippen molar-refractivity contribution < 1.29 is 14.7 Å². The Kier molecular flexibility index (Phi) is 13.2. The Labute approximate surface area is 201 Å². The molecular weight excluding hydrogens is 622 g/mol. The normalized spacial score (nSPS) is 10.9. The molecular formula is C20H26Br4NO3-. The Hall–Kier alpha value is 0.0800. The predicted molar refractivity (Wildman–Crippen MR) is 126 cm³/mol. The number of rotatable bonds is 13. The molecule has 0 saturated carbocycles. The number of carbonyl (C=O) groups excluding carboxylic acids is 2. The van der Waals surface area contributed by atoms with Gasteiger partial charge in [-0.25, -0.2) is 0 Å². The molecule has 0 aliphatic heterocycles. The SMILES string of the molecule is CCCCCCCCCCCCc1c(Br)c(Br)c(Br)c(C(=O)[O-])c1C(=O)NBr. The van der Waals surface area contributed by atoms with Crippen LogP contribution in [0.3, 0.4) is 0 Å². The quantitative estimate of drug-likeness (QED) is 0.145. The van der Waals surface area contributed by atoms with Crippen LogP contribution in [-0.2, 0) is 6.42 Å². The average Bonchev–Trinajstić information content (AvgIpc) is 2.67. The first-order valence-corrected chi connectivity index (χ1v) is 12.9. The van der Waals surface area contributed by atoms with Crippen LogP contribution in [0.1, 0.15) is 97.4 Å². The van der Waals surface area contributed by atoms with Crippen LogP contribution < -0.4 is 9.45 Å². The first kappa shape index (κ1) is 26.1. The molecule has 0 saturated heterocycles. The summed E-state index contributed by atoms with van der Waals surface area (Å²) in [7, 11) is 0. The number of carboxylic acid groups (broad SMARTS) is 1. The van der Waals surface area contributed by atoms with E-state index < -0.39 is 11.9 Å². The predicted octanol–water partition coefficient (Wildman–Crippen LogP) is 6.84. The molecule has 8 heteroatoms. The molecule has 0 aliphatic rings. The molecule has 1 rings (SSSR count). The third kappa shape index (κ3) is 7.73. The van der Waals surface area contributed by atoms with Crippen molar-refractivity contribution in [3.8, 4) is 0 Å². The molecule has 0 bridgehead atoms. The lowest BCUT2D eigenvalue weighted by Crippen LogP contribution is -2.29. The van der Waals surface area contributed by atoms with Crippen molar-refractivity contribution in [2.75, 3.05) is 0 Å². The number of unbranched alkanes of at least 4 members (excludes halogenated alkanes) is 9. The fraction of sp³-hybridized carbons (Fsp3) is 0.600. The minimum Gasteiger partial charge on any atom is -0.545 e. The van der Waals surface area contributed by atoms with E-state index >= 15 is 0 Å². The number of carboxylic acids is 1. The summed E-state index contributed by atoms with van der Waals surface area (Å²) in [5.41, 5.74) is 0.648. The zero-order valence-corrected chi connectivity index (χ0v) is 22.4. The molecule has 1 N–H and O–H groups in total. The van der Waals surface area contributed by atoms with E-state index in [1.54, 1.807) is 0 Å². The van der Waals surface area contributed by atoms with Gasteiger partial charge in [-0.15, -0.1) is 0 Å². The van der Waals surface area contributed by atoms with Gasteiger partial charge < -0.3 is 9.90 Å². The minimum atomic E-state index is -1.39. The number of amides is 1. The lowest BCUT2D eigenvalue weighted by Gasteiger charge is -2.19. The molecule has 1 aromatic carbocycles. The van der Waals surface area contributed by atoms with Crippen LogP contribution >= 0.6 is 63.9 Å². The van der Waals surface area contributed by atoms with Gasteiger partial charge in [-0.2, -0.15) is 0 Å². The van der Waals surface area contributed by atoms with Crippen molar-refractivity contribution in [2.45, 2.75) is 77.6 Å². The summed E-state index contributed by atoms with van der Waals surface area (Å²) >= 11 is 13.1. The first-order valence-electron chi connectivity index (χ1n) is 9.68. The molecule has 1 amide bonds. The molecule has 0 fully saturated rings. The van der Waals surface area contributed by atoms with Crippen molar-refractivity contribution in [2.24, 2.45) is 0 Å². The van der Waals surface area contributed by atoms with Crippen LogP contribution in [0.15, 0.2) is 13.4 Å². The van der Waals surface area contributed by atoms with E-state index in [0.717, 1.165) is 19.3 Å². The number of hydrogen-bond acceptors (Lipinski definition) is 3. The Bertz CT molecular complexity index is 680. The second kappa shape index (κ2) is 14.1. The summed E-state index contributed by atoms with van der Waals surface area (Å²) in [6.07, 6.45) is 12.7. The van der Waals surface area contributed by atoms with Crippen molar-refractivity contribution in [1.29, 1.82) is 0 Å². The zero-order chi connectivity index (χ0) is 21.1. The van der Waals surface area contributed by atoms with Crippen LogP contribution in [-0.4, -0.2) is 11.9 Å². The number of aromatic carboxylic acids is 1. The van der Waals surface area contributed by atoms with Gasteiger partial charge in [-0.05, 0) is 66.2 Å². The van der Waals surface area contributed by atoms with E-state index in [-0.39, 0.29) is 15.6 Å². The molecule has 0 unspecified atom stereocenters. The molecule has 0 heterocycles. The van der Waals surface area contributed by atoms with Crippen LogP contribution in [0.5, 0.6) is 0 Å². The highest BCUT2D eigenvalue weighted by molar-refractivity contribution is 9.14. The van der Waals surface area contributed by atoms with Crippen molar-refractivity contribution >= 4 is 75.8 Å². The highest BCUT2D eigenvalue weighted by atomic mass is 79.9. The van der Waals surface area contributed by atoms with Gasteiger partial charge in [0.15, 0.2) is 0 Å². The van der Waals surface area contributed by atoms with Gasteiger partial charge in [0.05, 0.1) is 11.5 Å². The molecule has 28 heavy (non-hydrogen) atoms. The van der Waals surface area contributed by atoms with E-state index in [2.05, 4.69) is 75.2 Å². The van der Waals surface area contributed by atoms with Crippen LogP contribution in [0.4, 0.5) is 0 Å². The molecule has 1 aromatic rings. The number of nitrogens with one attached hydrogen (secondary N) is 1. The minimum absolute atomic E-state index is 0.120.